The van der Waals surface area contributed by atoms with Gasteiger partial charge in [0, 0.05) is 0 Å². The molecule has 0 fully saturated rings. The molecule has 21 heavy (non-hydrogen) atoms. The molecule has 0 spiro atoms. The Kier molecular flexibility index (Phi) is 3.53. The van der Waals surface area contributed by atoms with E-state index < -0.39 is 11.6 Å². The number of rotatable bonds is 2. The van der Waals surface area contributed by atoms with E-state index in [0.717, 1.165) is 11.1 Å². The topological polar surface area (TPSA) is 0 Å². The first-order chi connectivity index (χ1) is 10.2. The molecular weight excluding hydrogens is 266 g/mol. The predicted molar refractivity (Wildman–Crippen MR) is 82.0 cm³/mol. The molecule has 0 amide bonds. The van der Waals surface area contributed by atoms with Gasteiger partial charge in [0.1, 0.15) is 11.6 Å². The number of benzene rings is 3. The van der Waals surface area contributed by atoms with Crippen LogP contribution in [0.3, 0.4) is 0 Å². The van der Waals surface area contributed by atoms with Crippen LogP contribution in [-0.2, 0) is 0 Å². The average Bonchev–Trinajstić information content (AvgIpc) is 2.48. The molecule has 0 N–H and O–H groups in total. The lowest BCUT2D eigenvalue weighted by molar-refractivity contribution is 0.590. The molecule has 0 aliphatic heterocycles. The van der Waals surface area contributed by atoms with Crippen LogP contribution in [0.25, 0.3) is 22.3 Å². The van der Waals surface area contributed by atoms with Crippen LogP contribution in [0.1, 0.15) is 5.56 Å². The lowest BCUT2D eigenvalue weighted by Crippen LogP contribution is -1.93. The molecule has 2 heteroatoms. The minimum Gasteiger partial charge on any atom is -0.206 e. The maximum absolute atomic E-state index is 14.4. The zero-order valence-corrected chi connectivity index (χ0v) is 11.6. The Bertz CT molecular complexity index is 754. The summed E-state index contributed by atoms with van der Waals surface area (Å²) in [5, 5.41) is 0. The van der Waals surface area contributed by atoms with E-state index in [2.05, 4.69) is 0 Å². The van der Waals surface area contributed by atoms with Gasteiger partial charge >= 0.3 is 0 Å². The maximum atomic E-state index is 14.4. The average molecular weight is 280 g/mol. The Hall–Kier alpha value is -2.48. The van der Waals surface area contributed by atoms with E-state index in [1.165, 1.54) is 12.1 Å². The van der Waals surface area contributed by atoms with E-state index in [1.807, 2.05) is 37.3 Å². The van der Waals surface area contributed by atoms with Gasteiger partial charge in [0.2, 0.25) is 0 Å². The molecule has 0 aliphatic carbocycles. The summed E-state index contributed by atoms with van der Waals surface area (Å²) in [6, 6.07) is 19.1. The third kappa shape index (κ3) is 2.57. The van der Waals surface area contributed by atoms with Crippen molar-refractivity contribution >= 4 is 0 Å². The van der Waals surface area contributed by atoms with E-state index in [-0.39, 0.29) is 5.56 Å². The van der Waals surface area contributed by atoms with Crippen LogP contribution >= 0.6 is 0 Å². The van der Waals surface area contributed by atoms with Crippen molar-refractivity contribution in [3.8, 4) is 22.3 Å². The highest BCUT2D eigenvalue weighted by atomic mass is 19.1. The first kappa shape index (κ1) is 13.5. The van der Waals surface area contributed by atoms with Crippen LogP contribution in [0.5, 0.6) is 0 Å². The SMILES string of the molecule is Cc1ccccc1-c1cc(F)c(-c2ccccc2)c(F)c1. The van der Waals surface area contributed by atoms with Crippen LogP contribution < -0.4 is 0 Å². The van der Waals surface area contributed by atoms with E-state index in [1.54, 1.807) is 24.3 Å². The number of aryl methyl sites for hydroxylation is 1. The fourth-order valence-corrected chi connectivity index (χ4v) is 2.51. The zero-order chi connectivity index (χ0) is 14.8. The second kappa shape index (κ2) is 5.49. The minimum atomic E-state index is -0.542. The Balaban J connectivity index is 2.15. The second-order valence-corrected chi connectivity index (χ2v) is 5.00. The van der Waals surface area contributed by atoms with Crippen LogP contribution in [0.2, 0.25) is 0 Å². The van der Waals surface area contributed by atoms with Crippen molar-refractivity contribution < 1.29 is 8.78 Å². The van der Waals surface area contributed by atoms with Crippen molar-refractivity contribution in [2.24, 2.45) is 0 Å². The van der Waals surface area contributed by atoms with E-state index in [9.17, 15) is 8.78 Å². The molecule has 0 atom stereocenters. The van der Waals surface area contributed by atoms with Gasteiger partial charge in [-0.15, -0.1) is 0 Å². The monoisotopic (exact) mass is 280 g/mol. The van der Waals surface area contributed by atoms with Gasteiger partial charge in [-0.3, -0.25) is 0 Å². The van der Waals surface area contributed by atoms with Crippen LogP contribution in [0.4, 0.5) is 8.78 Å². The van der Waals surface area contributed by atoms with Crippen LogP contribution in [0.15, 0.2) is 66.7 Å². The van der Waals surface area contributed by atoms with Crippen molar-refractivity contribution in [3.05, 3.63) is 83.9 Å². The maximum Gasteiger partial charge on any atom is 0.134 e. The number of hydrogen-bond donors (Lipinski definition) is 0. The molecule has 0 heterocycles. The standard InChI is InChI=1S/C19H14F2/c1-13-7-5-6-10-16(13)15-11-17(20)19(18(21)12-15)14-8-3-2-4-9-14/h2-12H,1H3. The van der Waals surface area contributed by atoms with Gasteiger partial charge in [-0.2, -0.15) is 0 Å². The Morgan fingerprint density at radius 2 is 1.24 bits per heavy atom. The lowest BCUT2D eigenvalue weighted by atomic mass is 9.96. The summed E-state index contributed by atoms with van der Waals surface area (Å²) in [5.74, 6) is -1.08. The normalized spacial score (nSPS) is 10.6. The third-order valence-electron chi connectivity index (χ3n) is 3.56. The number of halogens is 2. The van der Waals surface area contributed by atoms with Gasteiger partial charge in [0.15, 0.2) is 0 Å². The van der Waals surface area contributed by atoms with Crippen molar-refractivity contribution in [1.82, 2.24) is 0 Å². The van der Waals surface area contributed by atoms with Gasteiger partial charge in [-0.1, -0.05) is 54.6 Å². The third-order valence-corrected chi connectivity index (χ3v) is 3.56. The molecule has 3 aromatic rings. The molecule has 0 aliphatic rings. The summed E-state index contributed by atoms with van der Waals surface area (Å²) in [4.78, 5) is 0. The van der Waals surface area contributed by atoms with Gasteiger partial charge in [0.05, 0.1) is 5.56 Å². The molecular formula is C19H14F2. The Labute approximate surface area is 122 Å². The summed E-state index contributed by atoms with van der Waals surface area (Å²) < 4.78 is 28.7. The second-order valence-electron chi connectivity index (χ2n) is 5.00. The fraction of sp³-hybridized carbons (Fsp3) is 0.0526. The Morgan fingerprint density at radius 1 is 0.667 bits per heavy atom. The summed E-state index contributed by atoms with van der Waals surface area (Å²) in [5.41, 5.74) is 2.96. The molecule has 0 saturated carbocycles. The molecule has 0 unspecified atom stereocenters. The van der Waals surface area contributed by atoms with Crippen molar-refractivity contribution in [2.75, 3.05) is 0 Å². The molecule has 0 aromatic heterocycles. The van der Waals surface area contributed by atoms with Crippen molar-refractivity contribution in [2.45, 2.75) is 6.92 Å². The first-order valence-electron chi connectivity index (χ1n) is 6.77. The summed E-state index contributed by atoms with van der Waals surface area (Å²) >= 11 is 0. The number of hydrogen-bond acceptors (Lipinski definition) is 0. The van der Waals surface area contributed by atoms with E-state index >= 15 is 0 Å². The highest BCUT2D eigenvalue weighted by Gasteiger charge is 2.14. The first-order valence-corrected chi connectivity index (χ1v) is 6.77. The van der Waals surface area contributed by atoms with Gasteiger partial charge in [0.25, 0.3) is 0 Å². The van der Waals surface area contributed by atoms with E-state index in [0.29, 0.717) is 11.1 Å². The quantitative estimate of drug-likeness (QED) is 0.572. The van der Waals surface area contributed by atoms with E-state index in [4.69, 9.17) is 0 Å². The minimum absolute atomic E-state index is 0.0212. The predicted octanol–water partition coefficient (Wildman–Crippen LogP) is 5.61. The fourth-order valence-electron chi connectivity index (χ4n) is 2.51. The zero-order valence-electron chi connectivity index (χ0n) is 11.6. The summed E-state index contributed by atoms with van der Waals surface area (Å²) in [6.07, 6.45) is 0. The van der Waals surface area contributed by atoms with Gasteiger partial charge < -0.3 is 0 Å². The summed E-state index contributed by atoms with van der Waals surface area (Å²) in [6.45, 7) is 1.93. The smallest absolute Gasteiger partial charge is 0.134 e. The van der Waals surface area contributed by atoms with Crippen LogP contribution in [-0.4, -0.2) is 0 Å². The molecule has 3 aromatic carbocycles. The molecule has 0 bridgehead atoms. The Morgan fingerprint density at radius 3 is 1.86 bits per heavy atom. The van der Waals surface area contributed by atoms with Gasteiger partial charge in [-0.25, -0.2) is 8.78 Å². The van der Waals surface area contributed by atoms with Gasteiger partial charge in [-0.05, 0) is 41.3 Å². The molecule has 0 radical (unpaired) electrons. The lowest BCUT2D eigenvalue weighted by Gasteiger charge is -2.10. The molecule has 3 rings (SSSR count). The molecule has 0 nitrogen and oxygen atoms in total. The molecule has 104 valence electrons. The summed E-state index contributed by atoms with van der Waals surface area (Å²) in [7, 11) is 0. The molecule has 0 saturated heterocycles. The highest BCUT2D eigenvalue weighted by Crippen LogP contribution is 2.31. The largest absolute Gasteiger partial charge is 0.206 e. The van der Waals surface area contributed by atoms with Crippen molar-refractivity contribution in [1.29, 1.82) is 0 Å². The highest BCUT2D eigenvalue weighted by molar-refractivity contribution is 5.73. The van der Waals surface area contributed by atoms with Crippen LogP contribution in [0, 0.1) is 18.6 Å². The van der Waals surface area contributed by atoms with Crippen molar-refractivity contribution in [3.63, 3.8) is 0 Å².